The SMILES string of the molecule is CC(=O)NC1CCC(c2nc(-c3ccccc3C(F)(F)F)nc(Nc3n[nH]c(C)n3)c2C)CC1. The van der Waals surface area contributed by atoms with E-state index in [4.69, 9.17) is 0 Å². The Balaban J connectivity index is 1.76. The van der Waals surface area contributed by atoms with E-state index in [2.05, 4.69) is 35.8 Å². The van der Waals surface area contributed by atoms with Crippen LogP contribution in [0.25, 0.3) is 11.4 Å². The number of amides is 1. The van der Waals surface area contributed by atoms with E-state index < -0.39 is 11.7 Å². The molecule has 11 heteroatoms. The van der Waals surface area contributed by atoms with Gasteiger partial charge in [-0.25, -0.2) is 9.97 Å². The van der Waals surface area contributed by atoms with Crippen LogP contribution in [-0.2, 0) is 11.0 Å². The molecule has 8 nitrogen and oxygen atoms in total. The molecule has 3 N–H and O–H groups in total. The molecule has 0 saturated heterocycles. The summed E-state index contributed by atoms with van der Waals surface area (Å²) >= 11 is 0. The second-order valence-electron chi connectivity index (χ2n) is 8.57. The number of H-pyrrole nitrogens is 1. The lowest BCUT2D eigenvalue weighted by Gasteiger charge is -2.30. The van der Waals surface area contributed by atoms with Gasteiger partial charge in [0.25, 0.3) is 0 Å². The Morgan fingerprint density at radius 2 is 1.76 bits per heavy atom. The largest absolute Gasteiger partial charge is 0.417 e. The van der Waals surface area contributed by atoms with Crippen LogP contribution in [0.2, 0.25) is 0 Å². The van der Waals surface area contributed by atoms with E-state index in [0.717, 1.165) is 37.3 Å². The van der Waals surface area contributed by atoms with Crippen LogP contribution in [0.1, 0.15) is 61.2 Å². The summed E-state index contributed by atoms with van der Waals surface area (Å²) in [4.78, 5) is 24.7. The molecule has 1 aliphatic rings. The van der Waals surface area contributed by atoms with Crippen molar-refractivity contribution in [3.05, 3.63) is 46.9 Å². The fourth-order valence-electron chi connectivity index (χ4n) is 4.40. The minimum Gasteiger partial charge on any atom is -0.354 e. The summed E-state index contributed by atoms with van der Waals surface area (Å²) in [5.74, 6) is 1.18. The Bertz CT molecular complexity index is 1180. The summed E-state index contributed by atoms with van der Waals surface area (Å²) in [5, 5.41) is 12.8. The maximum Gasteiger partial charge on any atom is 0.417 e. The van der Waals surface area contributed by atoms with Gasteiger partial charge in [-0.1, -0.05) is 18.2 Å². The van der Waals surface area contributed by atoms with Crippen molar-refractivity contribution < 1.29 is 18.0 Å². The van der Waals surface area contributed by atoms with E-state index in [-0.39, 0.29) is 35.2 Å². The standard InChI is InChI=1S/C23H26F3N7O/c1-12-19(15-8-10-16(11-9-15)28-14(3)34)29-21(17-6-4-5-7-18(17)23(24,25)26)30-20(12)31-22-27-13(2)32-33-22/h4-7,15-16H,8-11H2,1-3H3,(H,28,34)(H2,27,29,30,31,32,33). The molecular weight excluding hydrogens is 447 g/mol. The van der Waals surface area contributed by atoms with Crippen LogP contribution in [-0.4, -0.2) is 37.1 Å². The Labute approximate surface area is 194 Å². The van der Waals surface area contributed by atoms with Gasteiger partial charge < -0.3 is 10.6 Å². The number of benzene rings is 1. The second kappa shape index (κ2) is 9.40. The number of carbonyl (C=O) groups is 1. The average molecular weight is 474 g/mol. The third-order valence-electron chi connectivity index (χ3n) is 6.01. The predicted octanol–water partition coefficient (Wildman–Crippen LogP) is 4.80. The van der Waals surface area contributed by atoms with Gasteiger partial charge in [0, 0.05) is 30.0 Å². The van der Waals surface area contributed by atoms with Crippen LogP contribution in [0.4, 0.5) is 24.9 Å². The molecule has 1 saturated carbocycles. The Hall–Kier alpha value is -3.50. The number of carbonyl (C=O) groups excluding carboxylic acids is 1. The molecule has 1 fully saturated rings. The highest BCUT2D eigenvalue weighted by Crippen LogP contribution is 2.39. The fourth-order valence-corrected chi connectivity index (χ4v) is 4.40. The Morgan fingerprint density at radius 1 is 1.06 bits per heavy atom. The van der Waals surface area contributed by atoms with Crippen molar-refractivity contribution in [3.63, 3.8) is 0 Å². The number of nitrogens with one attached hydrogen (secondary N) is 3. The zero-order valence-corrected chi connectivity index (χ0v) is 19.1. The highest BCUT2D eigenvalue weighted by Gasteiger charge is 2.35. The Kier molecular flexibility index (Phi) is 6.54. The molecule has 0 aliphatic heterocycles. The van der Waals surface area contributed by atoms with E-state index in [1.54, 1.807) is 6.92 Å². The molecule has 1 aliphatic carbocycles. The first-order valence-corrected chi connectivity index (χ1v) is 11.1. The van der Waals surface area contributed by atoms with Gasteiger partial charge in [0.15, 0.2) is 5.82 Å². The predicted molar refractivity (Wildman–Crippen MR) is 120 cm³/mol. The van der Waals surface area contributed by atoms with Crippen molar-refractivity contribution >= 4 is 17.7 Å². The maximum absolute atomic E-state index is 13.7. The van der Waals surface area contributed by atoms with E-state index in [9.17, 15) is 18.0 Å². The number of nitrogens with zero attached hydrogens (tertiary/aromatic N) is 4. The molecule has 1 amide bonds. The van der Waals surface area contributed by atoms with Gasteiger partial charge in [0.1, 0.15) is 11.6 Å². The first-order chi connectivity index (χ1) is 16.1. The number of aromatic nitrogens is 5. The van der Waals surface area contributed by atoms with Gasteiger partial charge in [0.2, 0.25) is 11.9 Å². The number of halogens is 3. The number of aromatic amines is 1. The number of hydrogen-bond acceptors (Lipinski definition) is 6. The van der Waals surface area contributed by atoms with E-state index in [1.165, 1.54) is 25.1 Å². The maximum atomic E-state index is 13.7. The molecular formula is C23H26F3N7O. The monoisotopic (exact) mass is 473 g/mol. The quantitative estimate of drug-likeness (QED) is 0.491. The van der Waals surface area contributed by atoms with E-state index in [0.29, 0.717) is 17.3 Å². The van der Waals surface area contributed by atoms with E-state index >= 15 is 0 Å². The Morgan fingerprint density at radius 3 is 2.38 bits per heavy atom. The lowest BCUT2D eigenvalue weighted by molar-refractivity contribution is -0.137. The van der Waals surface area contributed by atoms with Crippen molar-refractivity contribution in [1.29, 1.82) is 0 Å². The molecule has 1 aromatic carbocycles. The lowest BCUT2D eigenvalue weighted by Crippen LogP contribution is -2.36. The molecule has 2 heterocycles. The minimum atomic E-state index is -4.55. The summed E-state index contributed by atoms with van der Waals surface area (Å²) in [7, 11) is 0. The molecule has 34 heavy (non-hydrogen) atoms. The number of anilines is 2. The van der Waals surface area contributed by atoms with Crippen LogP contribution in [0.15, 0.2) is 24.3 Å². The highest BCUT2D eigenvalue weighted by atomic mass is 19.4. The minimum absolute atomic E-state index is 0.00716. The molecule has 0 atom stereocenters. The zero-order valence-electron chi connectivity index (χ0n) is 19.1. The summed E-state index contributed by atoms with van der Waals surface area (Å²) in [6.07, 6.45) is -1.50. The molecule has 0 bridgehead atoms. The molecule has 0 spiro atoms. The van der Waals surface area contributed by atoms with Crippen LogP contribution < -0.4 is 10.6 Å². The van der Waals surface area contributed by atoms with Crippen molar-refractivity contribution in [2.45, 2.75) is 64.6 Å². The first kappa shape index (κ1) is 23.7. The lowest BCUT2D eigenvalue weighted by atomic mass is 9.82. The van der Waals surface area contributed by atoms with Crippen molar-refractivity contribution in [3.8, 4) is 11.4 Å². The van der Waals surface area contributed by atoms with Gasteiger partial charge in [-0.05, 0) is 45.6 Å². The summed E-state index contributed by atoms with van der Waals surface area (Å²) in [5.41, 5.74) is 0.549. The normalized spacial score (nSPS) is 18.5. The topological polar surface area (TPSA) is 108 Å². The van der Waals surface area contributed by atoms with Gasteiger partial charge in [-0.15, -0.1) is 5.10 Å². The molecule has 180 valence electrons. The van der Waals surface area contributed by atoms with Gasteiger partial charge in [-0.3, -0.25) is 9.89 Å². The summed E-state index contributed by atoms with van der Waals surface area (Å²) in [6, 6.07) is 5.39. The summed E-state index contributed by atoms with van der Waals surface area (Å²) < 4.78 is 41.2. The van der Waals surface area contributed by atoms with Crippen LogP contribution in [0.3, 0.4) is 0 Å². The van der Waals surface area contributed by atoms with E-state index in [1.807, 2.05) is 6.92 Å². The smallest absolute Gasteiger partial charge is 0.354 e. The van der Waals surface area contributed by atoms with Gasteiger partial charge in [-0.2, -0.15) is 18.2 Å². The first-order valence-electron chi connectivity index (χ1n) is 11.1. The number of rotatable bonds is 5. The summed E-state index contributed by atoms with van der Waals surface area (Å²) in [6.45, 7) is 5.08. The average Bonchev–Trinajstić information content (AvgIpc) is 3.19. The van der Waals surface area contributed by atoms with Crippen molar-refractivity contribution in [2.75, 3.05) is 5.32 Å². The molecule has 0 radical (unpaired) electrons. The van der Waals surface area contributed by atoms with Gasteiger partial charge >= 0.3 is 6.18 Å². The molecule has 4 rings (SSSR count). The fraction of sp³-hybridized carbons (Fsp3) is 0.435. The number of aryl methyl sites for hydroxylation is 1. The zero-order chi connectivity index (χ0) is 24.5. The van der Waals surface area contributed by atoms with Crippen LogP contribution in [0.5, 0.6) is 0 Å². The van der Waals surface area contributed by atoms with Gasteiger partial charge in [0.05, 0.1) is 11.3 Å². The van der Waals surface area contributed by atoms with Crippen molar-refractivity contribution in [2.24, 2.45) is 0 Å². The number of alkyl halides is 3. The van der Waals surface area contributed by atoms with Crippen LogP contribution in [0, 0.1) is 13.8 Å². The van der Waals surface area contributed by atoms with Crippen LogP contribution >= 0.6 is 0 Å². The molecule has 3 aromatic rings. The molecule has 2 aromatic heterocycles. The third kappa shape index (κ3) is 5.18. The third-order valence-corrected chi connectivity index (χ3v) is 6.01. The second-order valence-corrected chi connectivity index (χ2v) is 8.57. The van der Waals surface area contributed by atoms with Crippen molar-refractivity contribution in [1.82, 2.24) is 30.5 Å². The highest BCUT2D eigenvalue weighted by molar-refractivity contribution is 5.73. The number of hydrogen-bond donors (Lipinski definition) is 3. The molecule has 0 unspecified atom stereocenters.